The highest BCUT2D eigenvalue weighted by atomic mass is 32.2. The molecule has 0 fully saturated rings. The molecule has 0 atom stereocenters. The molecule has 0 heterocycles. The Hall–Kier alpha value is -3.57. The summed E-state index contributed by atoms with van der Waals surface area (Å²) in [6, 6.07) is 31.9. The topological polar surface area (TPSA) is 35.5 Å². The number of halogens is 1. The van der Waals surface area contributed by atoms with Gasteiger partial charge in [-0.05, 0) is 69.3 Å². The minimum absolute atomic E-state index is 0.137. The fourth-order valence-corrected chi connectivity index (χ4v) is 5.55. The van der Waals surface area contributed by atoms with Crippen LogP contribution in [-0.2, 0) is 10.9 Å². The molecule has 5 heteroatoms. The van der Waals surface area contributed by atoms with Crippen LogP contribution < -0.4 is 9.47 Å². The lowest BCUT2D eigenvalue weighted by Gasteiger charge is -2.21. The van der Waals surface area contributed by atoms with Crippen LogP contribution in [0.2, 0.25) is 0 Å². The summed E-state index contributed by atoms with van der Waals surface area (Å²) in [4.78, 5) is 16.2. The van der Waals surface area contributed by atoms with Crippen molar-refractivity contribution in [2.75, 3.05) is 0 Å². The summed E-state index contributed by atoms with van der Waals surface area (Å²) >= 11 is 0. The van der Waals surface area contributed by atoms with E-state index in [-0.39, 0.29) is 5.75 Å². The molecular formula is C29H26FO3S+. The summed E-state index contributed by atoms with van der Waals surface area (Å²) in [5.74, 6) is -1.03. The van der Waals surface area contributed by atoms with E-state index < -0.39 is 28.3 Å². The monoisotopic (exact) mass is 473 g/mol. The molecule has 4 aromatic carbocycles. The smallest absolute Gasteiger partial charge is 0.343 e. The summed E-state index contributed by atoms with van der Waals surface area (Å²) in [6.07, 6.45) is 0. The summed E-state index contributed by atoms with van der Waals surface area (Å²) in [7, 11) is -0.404. The number of carbonyl (C=O) groups is 1. The molecule has 0 N–H and O–H groups in total. The Labute approximate surface area is 202 Å². The van der Waals surface area contributed by atoms with Crippen molar-refractivity contribution < 1.29 is 18.7 Å². The van der Waals surface area contributed by atoms with Crippen LogP contribution in [0.15, 0.2) is 118 Å². The molecule has 0 unspecified atom stereocenters. The van der Waals surface area contributed by atoms with Gasteiger partial charge in [0.05, 0.1) is 16.5 Å². The molecule has 0 aliphatic carbocycles. The summed E-state index contributed by atoms with van der Waals surface area (Å²) in [5, 5.41) is 0. The van der Waals surface area contributed by atoms with Crippen molar-refractivity contribution in [3.05, 3.63) is 115 Å². The minimum Gasteiger partial charge on any atom is -0.488 e. The first-order valence-corrected chi connectivity index (χ1v) is 12.2. The van der Waals surface area contributed by atoms with Crippen LogP contribution in [-0.4, -0.2) is 11.6 Å². The quantitative estimate of drug-likeness (QED) is 0.167. The average molecular weight is 474 g/mol. The second-order valence-electron chi connectivity index (χ2n) is 8.66. The van der Waals surface area contributed by atoms with Crippen molar-refractivity contribution >= 4 is 16.9 Å². The van der Waals surface area contributed by atoms with E-state index in [1.165, 1.54) is 12.1 Å². The zero-order valence-electron chi connectivity index (χ0n) is 19.3. The molecule has 0 spiro atoms. The summed E-state index contributed by atoms with van der Waals surface area (Å²) < 4.78 is 25.7. The standard InChI is InChI=1S/C29H26FO3S/c1-29(2,3)33-22-17-18-27(26(30)20-22)32-28(31)21-11-10-16-25(19-21)34(23-12-6-4-7-13-23)24-14-8-5-9-15-24/h4-20H,1-3H3/q+1. The second kappa shape index (κ2) is 10.1. The van der Waals surface area contributed by atoms with Gasteiger partial charge in [0.15, 0.2) is 26.3 Å². The van der Waals surface area contributed by atoms with Crippen molar-refractivity contribution in [3.63, 3.8) is 0 Å². The van der Waals surface area contributed by atoms with Crippen molar-refractivity contribution in [1.82, 2.24) is 0 Å². The summed E-state index contributed by atoms with van der Waals surface area (Å²) in [6.45, 7) is 5.64. The Bertz CT molecular complexity index is 1230. The number of rotatable bonds is 6. The molecule has 172 valence electrons. The Kier molecular flexibility index (Phi) is 7.03. The first kappa shape index (κ1) is 23.6. The van der Waals surface area contributed by atoms with Gasteiger partial charge >= 0.3 is 5.97 Å². The Morgan fingerprint density at radius 2 is 1.32 bits per heavy atom. The van der Waals surface area contributed by atoms with Crippen LogP contribution in [0, 0.1) is 5.82 Å². The molecule has 0 bridgehead atoms. The predicted molar refractivity (Wildman–Crippen MR) is 133 cm³/mol. The Morgan fingerprint density at radius 1 is 0.735 bits per heavy atom. The fraction of sp³-hybridized carbons (Fsp3) is 0.138. The van der Waals surface area contributed by atoms with Gasteiger partial charge in [-0.3, -0.25) is 0 Å². The molecule has 3 nitrogen and oxygen atoms in total. The lowest BCUT2D eigenvalue weighted by molar-refractivity contribution is 0.0726. The molecule has 0 aromatic heterocycles. The molecule has 34 heavy (non-hydrogen) atoms. The maximum Gasteiger partial charge on any atom is 0.343 e. The fourth-order valence-electron chi connectivity index (χ4n) is 3.41. The third kappa shape index (κ3) is 5.86. The van der Waals surface area contributed by atoms with Crippen LogP contribution in [0.25, 0.3) is 0 Å². The Morgan fingerprint density at radius 3 is 1.88 bits per heavy atom. The van der Waals surface area contributed by atoms with Gasteiger partial charge < -0.3 is 9.47 Å². The van der Waals surface area contributed by atoms with E-state index in [0.717, 1.165) is 14.7 Å². The number of esters is 1. The van der Waals surface area contributed by atoms with Crippen molar-refractivity contribution in [3.8, 4) is 11.5 Å². The molecule has 0 radical (unpaired) electrons. The van der Waals surface area contributed by atoms with Crippen molar-refractivity contribution in [2.24, 2.45) is 0 Å². The number of hydrogen-bond donors (Lipinski definition) is 0. The Balaban J connectivity index is 1.61. The lowest BCUT2D eigenvalue weighted by Crippen LogP contribution is -2.23. The normalized spacial score (nSPS) is 11.3. The molecule has 0 aliphatic rings. The number of benzene rings is 4. The second-order valence-corrected chi connectivity index (χ2v) is 10.7. The zero-order valence-corrected chi connectivity index (χ0v) is 20.1. The van der Waals surface area contributed by atoms with E-state index in [4.69, 9.17) is 9.47 Å². The average Bonchev–Trinajstić information content (AvgIpc) is 2.82. The molecular weight excluding hydrogens is 447 g/mol. The molecule has 4 aromatic rings. The zero-order chi connectivity index (χ0) is 24.1. The third-order valence-electron chi connectivity index (χ3n) is 4.79. The van der Waals surface area contributed by atoms with Crippen LogP contribution in [0.4, 0.5) is 4.39 Å². The van der Waals surface area contributed by atoms with Crippen molar-refractivity contribution in [2.45, 2.75) is 41.1 Å². The van der Waals surface area contributed by atoms with Gasteiger partial charge in [-0.2, -0.15) is 0 Å². The van der Waals surface area contributed by atoms with Crippen LogP contribution >= 0.6 is 0 Å². The van der Waals surface area contributed by atoms with E-state index in [1.54, 1.807) is 12.1 Å². The molecule has 0 amide bonds. The SMILES string of the molecule is CC(C)(C)Oc1ccc(OC(=O)c2cccc([S+](c3ccccc3)c3ccccc3)c2)c(F)c1. The highest BCUT2D eigenvalue weighted by Gasteiger charge is 2.29. The maximum atomic E-state index is 14.6. The first-order chi connectivity index (χ1) is 16.3. The summed E-state index contributed by atoms with van der Waals surface area (Å²) in [5.41, 5.74) is -0.101. The van der Waals surface area contributed by atoms with E-state index >= 15 is 0 Å². The van der Waals surface area contributed by atoms with E-state index in [0.29, 0.717) is 11.3 Å². The first-order valence-electron chi connectivity index (χ1n) is 11.0. The van der Waals surface area contributed by atoms with Gasteiger partial charge in [0.1, 0.15) is 11.4 Å². The van der Waals surface area contributed by atoms with E-state index in [9.17, 15) is 9.18 Å². The third-order valence-corrected chi connectivity index (χ3v) is 7.01. The minimum atomic E-state index is -0.653. The molecule has 0 saturated carbocycles. The molecule has 4 rings (SSSR count). The van der Waals surface area contributed by atoms with Gasteiger partial charge in [-0.25, -0.2) is 9.18 Å². The van der Waals surface area contributed by atoms with Crippen molar-refractivity contribution in [1.29, 1.82) is 0 Å². The van der Waals surface area contributed by atoms with Crippen LogP contribution in [0.5, 0.6) is 11.5 Å². The largest absolute Gasteiger partial charge is 0.488 e. The highest BCUT2D eigenvalue weighted by Crippen LogP contribution is 2.32. The number of carbonyl (C=O) groups excluding carboxylic acids is 1. The van der Waals surface area contributed by atoms with Crippen LogP contribution in [0.3, 0.4) is 0 Å². The predicted octanol–water partition coefficient (Wildman–Crippen LogP) is 7.32. The van der Waals surface area contributed by atoms with Crippen LogP contribution in [0.1, 0.15) is 31.1 Å². The molecule has 0 aliphatic heterocycles. The number of ether oxygens (including phenoxy) is 2. The van der Waals surface area contributed by atoms with Gasteiger partial charge in [0.2, 0.25) is 0 Å². The van der Waals surface area contributed by atoms with E-state index in [1.807, 2.05) is 75.4 Å². The van der Waals surface area contributed by atoms with Gasteiger partial charge in [-0.15, -0.1) is 0 Å². The number of hydrogen-bond acceptors (Lipinski definition) is 3. The van der Waals surface area contributed by atoms with E-state index in [2.05, 4.69) is 24.3 Å². The molecule has 0 saturated heterocycles. The van der Waals surface area contributed by atoms with Gasteiger partial charge in [0.25, 0.3) is 0 Å². The van der Waals surface area contributed by atoms with Gasteiger partial charge in [-0.1, -0.05) is 42.5 Å². The van der Waals surface area contributed by atoms with Gasteiger partial charge in [0, 0.05) is 12.1 Å². The highest BCUT2D eigenvalue weighted by molar-refractivity contribution is 7.97. The lowest BCUT2D eigenvalue weighted by atomic mass is 10.2. The maximum absolute atomic E-state index is 14.6.